The highest BCUT2D eigenvalue weighted by Gasteiger charge is 2.39. The number of benzene rings is 1. The Labute approximate surface area is 197 Å². The van der Waals surface area contributed by atoms with Crippen LogP contribution < -0.4 is 15.2 Å². The Morgan fingerprint density at radius 2 is 1.91 bits per heavy atom. The molecule has 0 radical (unpaired) electrons. The van der Waals surface area contributed by atoms with Crippen LogP contribution in [-0.4, -0.2) is 66.2 Å². The number of piperazine rings is 1. The average Bonchev–Trinajstić information content (AvgIpc) is 2.76. The fourth-order valence-electron chi connectivity index (χ4n) is 3.97. The second-order valence-corrected chi connectivity index (χ2v) is 11.8. The predicted molar refractivity (Wildman–Crippen MR) is 126 cm³/mol. The van der Waals surface area contributed by atoms with Gasteiger partial charge in [0.05, 0.1) is 17.1 Å². The molecule has 0 atom stereocenters. The van der Waals surface area contributed by atoms with Crippen molar-refractivity contribution in [2.75, 3.05) is 37.7 Å². The predicted octanol–water partition coefficient (Wildman–Crippen LogP) is 3.02. The number of sulfonamides is 1. The number of nitrogens with zero attached hydrogens (tertiary/aromatic N) is 4. The van der Waals surface area contributed by atoms with Crippen LogP contribution in [0.25, 0.3) is 5.69 Å². The molecule has 1 aromatic heterocycles. The van der Waals surface area contributed by atoms with Crippen molar-refractivity contribution in [3.05, 3.63) is 45.8 Å². The number of halogens is 2. The molecule has 8 nitrogen and oxygen atoms in total. The summed E-state index contributed by atoms with van der Waals surface area (Å²) in [6.07, 6.45) is 3.11. The smallest absolute Gasteiger partial charge is 0.316 e. The molecule has 11 heteroatoms. The van der Waals surface area contributed by atoms with Gasteiger partial charge in [-0.15, -0.1) is 0 Å². The summed E-state index contributed by atoms with van der Waals surface area (Å²) in [5, 5.41) is 4.24. The van der Waals surface area contributed by atoms with Crippen LogP contribution in [0.3, 0.4) is 0 Å². The van der Waals surface area contributed by atoms with Gasteiger partial charge in [0, 0.05) is 31.2 Å². The zero-order valence-electron chi connectivity index (χ0n) is 18.7. The van der Waals surface area contributed by atoms with E-state index in [0.29, 0.717) is 42.3 Å². The van der Waals surface area contributed by atoms with Crippen molar-refractivity contribution in [1.82, 2.24) is 14.1 Å². The van der Waals surface area contributed by atoms with Gasteiger partial charge in [-0.25, -0.2) is 12.8 Å². The summed E-state index contributed by atoms with van der Waals surface area (Å²) in [4.78, 5) is 15.2. The lowest BCUT2D eigenvalue weighted by atomic mass is 9.83. The normalized spacial score (nSPS) is 18.9. The third kappa shape index (κ3) is 4.88. The van der Waals surface area contributed by atoms with E-state index in [4.69, 9.17) is 16.3 Å². The minimum atomic E-state index is -3.36. The van der Waals surface area contributed by atoms with Gasteiger partial charge in [-0.3, -0.25) is 4.79 Å². The molecule has 2 aliphatic rings. The highest BCUT2D eigenvalue weighted by atomic mass is 35.5. The van der Waals surface area contributed by atoms with Crippen LogP contribution in [0.2, 0.25) is 5.02 Å². The zero-order chi connectivity index (χ0) is 23.8. The molecule has 1 aliphatic heterocycles. The zero-order valence-corrected chi connectivity index (χ0v) is 20.3. The van der Waals surface area contributed by atoms with Crippen LogP contribution in [0.1, 0.15) is 33.1 Å². The Balaban J connectivity index is 1.64. The first-order valence-corrected chi connectivity index (χ1v) is 12.9. The number of hydrogen-bond donors (Lipinski definition) is 0. The molecule has 4 rings (SSSR count). The molecule has 0 spiro atoms. The highest BCUT2D eigenvalue weighted by molar-refractivity contribution is 7.89. The molecule has 0 amide bonds. The molecule has 2 heterocycles. The van der Waals surface area contributed by atoms with Crippen molar-refractivity contribution < 1.29 is 17.5 Å². The summed E-state index contributed by atoms with van der Waals surface area (Å²) in [7, 11) is -3.36. The van der Waals surface area contributed by atoms with Gasteiger partial charge in [-0.05, 0) is 51.3 Å². The maximum Gasteiger partial charge on any atom is 0.316 e. The molecule has 0 bridgehead atoms. The van der Waals surface area contributed by atoms with Crippen molar-refractivity contribution in [2.45, 2.75) is 44.0 Å². The SMILES string of the molecule is CC(C)S(=O)(=O)N1CCN(c2cnn(-c3cccc(Cl)c3)c(=O)c2OCC2(F)CCC2)CC1. The van der Waals surface area contributed by atoms with Crippen LogP contribution in [0.4, 0.5) is 10.1 Å². The molecule has 2 fully saturated rings. The molecule has 1 aliphatic carbocycles. The lowest BCUT2D eigenvalue weighted by Crippen LogP contribution is -2.51. The Morgan fingerprint density at radius 3 is 2.48 bits per heavy atom. The van der Waals surface area contributed by atoms with Crippen molar-refractivity contribution in [1.29, 1.82) is 0 Å². The van der Waals surface area contributed by atoms with Gasteiger partial charge in [0.1, 0.15) is 18.0 Å². The lowest BCUT2D eigenvalue weighted by molar-refractivity contribution is 0.0119. The highest BCUT2D eigenvalue weighted by Crippen LogP contribution is 2.37. The van der Waals surface area contributed by atoms with Gasteiger partial charge in [0.2, 0.25) is 15.8 Å². The van der Waals surface area contributed by atoms with Crippen LogP contribution in [-0.2, 0) is 10.0 Å². The van der Waals surface area contributed by atoms with Gasteiger partial charge in [-0.1, -0.05) is 17.7 Å². The van der Waals surface area contributed by atoms with E-state index in [1.165, 1.54) is 15.2 Å². The van der Waals surface area contributed by atoms with Crippen LogP contribution in [0.5, 0.6) is 5.75 Å². The molecular formula is C22H28ClFN4O4S. The van der Waals surface area contributed by atoms with Gasteiger partial charge in [0.25, 0.3) is 0 Å². The first-order chi connectivity index (χ1) is 15.6. The summed E-state index contributed by atoms with van der Waals surface area (Å²) >= 11 is 6.07. The largest absolute Gasteiger partial charge is 0.483 e. The number of anilines is 1. The number of ether oxygens (including phenoxy) is 1. The Hall–Kier alpha value is -2.17. The first kappa shape index (κ1) is 24.0. The van der Waals surface area contributed by atoms with E-state index in [9.17, 15) is 17.6 Å². The van der Waals surface area contributed by atoms with Gasteiger partial charge < -0.3 is 9.64 Å². The van der Waals surface area contributed by atoms with E-state index in [2.05, 4.69) is 5.10 Å². The van der Waals surface area contributed by atoms with Gasteiger partial charge in [-0.2, -0.15) is 14.1 Å². The van der Waals surface area contributed by atoms with Crippen LogP contribution in [0, 0.1) is 0 Å². The quantitative estimate of drug-likeness (QED) is 0.583. The van der Waals surface area contributed by atoms with Crippen molar-refractivity contribution in [3.8, 4) is 11.4 Å². The summed E-state index contributed by atoms with van der Waals surface area (Å²) in [6, 6.07) is 6.70. The van der Waals surface area contributed by atoms with Gasteiger partial charge >= 0.3 is 5.56 Å². The lowest BCUT2D eigenvalue weighted by Gasteiger charge is -2.37. The summed E-state index contributed by atoms with van der Waals surface area (Å²) in [5.74, 6) is 0.00840. The van der Waals surface area contributed by atoms with Crippen molar-refractivity contribution in [2.24, 2.45) is 0 Å². The Bertz CT molecular complexity index is 1180. The molecular weight excluding hydrogens is 471 g/mol. The molecule has 180 valence electrons. The number of aromatic nitrogens is 2. The van der Waals surface area contributed by atoms with E-state index in [0.717, 1.165) is 6.42 Å². The summed E-state index contributed by atoms with van der Waals surface area (Å²) in [5.41, 5.74) is -1.05. The minimum absolute atomic E-state index is 0.00840. The molecule has 2 aromatic rings. The van der Waals surface area contributed by atoms with Crippen LogP contribution >= 0.6 is 11.6 Å². The number of alkyl halides is 1. The molecule has 0 N–H and O–H groups in total. The second-order valence-electron chi connectivity index (χ2n) is 8.83. The third-order valence-corrected chi connectivity index (χ3v) is 8.74. The topological polar surface area (TPSA) is 84.7 Å². The van der Waals surface area contributed by atoms with E-state index in [1.807, 2.05) is 4.90 Å². The first-order valence-electron chi connectivity index (χ1n) is 11.0. The molecule has 1 aromatic carbocycles. The summed E-state index contributed by atoms with van der Waals surface area (Å²) in [6.45, 7) is 4.39. The molecule has 1 saturated carbocycles. The maximum absolute atomic E-state index is 14.7. The average molecular weight is 499 g/mol. The molecule has 1 saturated heterocycles. The van der Waals surface area contributed by atoms with E-state index in [1.54, 1.807) is 38.1 Å². The second kappa shape index (κ2) is 9.23. The third-order valence-electron chi connectivity index (χ3n) is 6.23. The Morgan fingerprint density at radius 1 is 1.21 bits per heavy atom. The summed E-state index contributed by atoms with van der Waals surface area (Å²) < 4.78 is 48.1. The standard InChI is InChI=1S/C22H28ClFN4O4S/c1-16(2)33(30,31)27-11-9-26(10-12-27)19-14-25-28(18-6-3-5-17(23)13-18)21(29)20(19)32-15-22(24)7-4-8-22/h3,5-6,13-14,16H,4,7-12,15H2,1-2H3. The maximum atomic E-state index is 14.7. The molecule has 0 unspecified atom stereocenters. The van der Waals surface area contributed by atoms with Crippen molar-refractivity contribution >= 4 is 27.3 Å². The Kier molecular flexibility index (Phi) is 6.70. The van der Waals surface area contributed by atoms with Crippen molar-refractivity contribution in [3.63, 3.8) is 0 Å². The van der Waals surface area contributed by atoms with Gasteiger partial charge in [0.15, 0.2) is 0 Å². The van der Waals surface area contributed by atoms with E-state index < -0.39 is 26.5 Å². The minimum Gasteiger partial charge on any atom is -0.483 e. The number of rotatable bonds is 7. The molecule has 33 heavy (non-hydrogen) atoms. The fraction of sp³-hybridized carbons (Fsp3) is 0.545. The van der Waals surface area contributed by atoms with E-state index in [-0.39, 0.29) is 25.4 Å². The van der Waals surface area contributed by atoms with Crippen LogP contribution in [0.15, 0.2) is 35.3 Å². The number of hydrogen-bond acceptors (Lipinski definition) is 6. The monoisotopic (exact) mass is 498 g/mol. The van der Waals surface area contributed by atoms with E-state index >= 15 is 0 Å². The fourth-order valence-corrected chi connectivity index (χ4v) is 5.42.